The number of hydrogen-bond acceptors (Lipinski definition) is 5. The van der Waals surface area contributed by atoms with Gasteiger partial charge in [0.2, 0.25) is 27.7 Å². The predicted octanol–water partition coefficient (Wildman–Crippen LogP) is 1.19. The highest BCUT2D eigenvalue weighted by atomic mass is 32.2. The monoisotopic (exact) mass is 421 g/mol. The fraction of sp³-hybridized carbons (Fsp3) is 0.550. The molecule has 9 heteroatoms. The van der Waals surface area contributed by atoms with Gasteiger partial charge in [-0.1, -0.05) is 24.1 Å². The second kappa shape index (κ2) is 9.04. The Morgan fingerprint density at radius 2 is 1.76 bits per heavy atom. The van der Waals surface area contributed by atoms with E-state index in [1.165, 1.54) is 0 Å². The van der Waals surface area contributed by atoms with Crippen LogP contribution in [0.3, 0.4) is 0 Å². The lowest BCUT2D eigenvalue weighted by atomic mass is 10.0. The van der Waals surface area contributed by atoms with Crippen LogP contribution in [0.2, 0.25) is 0 Å². The highest BCUT2D eigenvalue weighted by molar-refractivity contribution is 7.89. The molecule has 1 unspecified atom stereocenters. The largest absolute Gasteiger partial charge is 0.354 e. The van der Waals surface area contributed by atoms with Gasteiger partial charge in [-0.25, -0.2) is 8.42 Å². The van der Waals surface area contributed by atoms with Crippen LogP contribution in [-0.4, -0.2) is 61.0 Å². The van der Waals surface area contributed by atoms with E-state index in [-0.39, 0.29) is 42.1 Å². The third-order valence-corrected chi connectivity index (χ3v) is 7.42. The van der Waals surface area contributed by atoms with Crippen LogP contribution in [0.4, 0.5) is 0 Å². The molecule has 29 heavy (non-hydrogen) atoms. The van der Waals surface area contributed by atoms with E-state index in [9.17, 15) is 22.8 Å². The molecule has 1 N–H and O–H groups in total. The molecule has 0 spiro atoms. The van der Waals surface area contributed by atoms with Gasteiger partial charge in [0.25, 0.3) is 0 Å². The van der Waals surface area contributed by atoms with Gasteiger partial charge in [0.1, 0.15) is 6.54 Å². The number of imide groups is 1. The van der Waals surface area contributed by atoms with Crippen molar-refractivity contribution in [3.05, 3.63) is 29.8 Å². The van der Waals surface area contributed by atoms with Crippen molar-refractivity contribution in [1.82, 2.24) is 14.5 Å². The lowest BCUT2D eigenvalue weighted by Gasteiger charge is -2.34. The van der Waals surface area contributed by atoms with E-state index in [0.717, 1.165) is 29.7 Å². The first kappa shape index (κ1) is 21.4. The second-order valence-corrected chi connectivity index (χ2v) is 9.48. The molecule has 0 saturated carbocycles. The quantitative estimate of drug-likeness (QED) is 0.666. The minimum absolute atomic E-state index is 0.153. The van der Waals surface area contributed by atoms with Crippen molar-refractivity contribution < 1.29 is 22.8 Å². The van der Waals surface area contributed by atoms with Crippen molar-refractivity contribution in [3.63, 3.8) is 0 Å². The van der Waals surface area contributed by atoms with Gasteiger partial charge in [-0.2, -0.15) is 4.31 Å². The van der Waals surface area contributed by atoms with E-state index in [2.05, 4.69) is 5.32 Å². The molecule has 2 aliphatic heterocycles. The first-order valence-corrected chi connectivity index (χ1v) is 11.4. The number of nitrogens with zero attached hydrogens (tertiary/aromatic N) is 2. The molecule has 2 saturated heterocycles. The molecule has 1 aromatic carbocycles. The van der Waals surface area contributed by atoms with Crippen LogP contribution < -0.4 is 5.32 Å². The van der Waals surface area contributed by atoms with Crippen molar-refractivity contribution >= 4 is 27.7 Å². The number of piperidine rings is 1. The lowest BCUT2D eigenvalue weighted by molar-refractivity contribution is -0.142. The Labute approximate surface area is 171 Å². The maximum atomic E-state index is 13.1. The number of carbonyl (C=O) groups is 3. The third kappa shape index (κ3) is 5.02. The number of nitrogens with one attached hydrogen (secondary N) is 1. The Kier molecular flexibility index (Phi) is 6.69. The average molecular weight is 422 g/mol. The predicted molar refractivity (Wildman–Crippen MR) is 106 cm³/mol. The number of aryl methyl sites for hydroxylation is 1. The van der Waals surface area contributed by atoms with Crippen LogP contribution in [0.25, 0.3) is 0 Å². The summed E-state index contributed by atoms with van der Waals surface area (Å²) < 4.78 is 27.7. The summed E-state index contributed by atoms with van der Waals surface area (Å²) in [7, 11) is -3.59. The molecule has 0 aromatic heterocycles. The van der Waals surface area contributed by atoms with Gasteiger partial charge in [-0.15, -0.1) is 0 Å². The zero-order chi connectivity index (χ0) is 21.0. The molecule has 158 valence electrons. The molecule has 2 aliphatic rings. The summed E-state index contributed by atoms with van der Waals surface area (Å²) in [4.78, 5) is 36.5. The highest BCUT2D eigenvalue weighted by Gasteiger charge is 2.34. The van der Waals surface area contributed by atoms with Crippen LogP contribution in [0.5, 0.6) is 0 Å². The molecule has 0 aliphatic carbocycles. The van der Waals surface area contributed by atoms with Crippen LogP contribution >= 0.6 is 0 Å². The van der Waals surface area contributed by atoms with Crippen molar-refractivity contribution in [2.45, 2.75) is 56.4 Å². The van der Waals surface area contributed by atoms with E-state index >= 15 is 0 Å². The molecular formula is C20H27N3O5S. The zero-order valence-electron chi connectivity index (χ0n) is 16.6. The summed E-state index contributed by atoms with van der Waals surface area (Å²) >= 11 is 0. The topological polar surface area (TPSA) is 104 Å². The fourth-order valence-electron chi connectivity index (χ4n) is 3.80. The minimum Gasteiger partial charge on any atom is -0.354 e. The summed E-state index contributed by atoms with van der Waals surface area (Å²) in [6.07, 6.45) is 3.28. The smallest absolute Gasteiger partial charge is 0.243 e. The number of carbonyl (C=O) groups excluding carboxylic acids is 3. The van der Waals surface area contributed by atoms with Crippen molar-refractivity contribution in [3.8, 4) is 0 Å². The van der Waals surface area contributed by atoms with Gasteiger partial charge in [0.05, 0.1) is 4.90 Å². The number of likely N-dealkylation sites (tertiary alicyclic amines) is 1. The molecule has 1 aromatic rings. The minimum atomic E-state index is -3.59. The number of hydrogen-bond donors (Lipinski definition) is 1. The molecule has 2 heterocycles. The first-order chi connectivity index (χ1) is 13.8. The van der Waals surface area contributed by atoms with E-state index in [0.29, 0.717) is 19.5 Å². The standard InChI is InChI=1S/C20H27N3O5S/c1-15-5-7-17(8-6-15)29(27,28)23-13-3-2-4-16(23)11-12-21-18(24)14-22-19(25)9-10-20(22)26/h5-8,16H,2-4,9-14H2,1H3,(H,21,24). The summed E-state index contributed by atoms with van der Waals surface area (Å²) in [6.45, 7) is 2.39. The molecule has 2 fully saturated rings. The Morgan fingerprint density at radius 3 is 2.41 bits per heavy atom. The Hall–Kier alpha value is -2.26. The van der Waals surface area contributed by atoms with Crippen LogP contribution in [-0.2, 0) is 24.4 Å². The van der Waals surface area contributed by atoms with Gasteiger partial charge in [-0.05, 0) is 38.3 Å². The van der Waals surface area contributed by atoms with Gasteiger partial charge in [0, 0.05) is 32.0 Å². The molecular weight excluding hydrogens is 394 g/mol. The molecule has 3 amide bonds. The number of sulfonamides is 1. The number of benzene rings is 1. The van der Waals surface area contributed by atoms with Crippen LogP contribution in [0.1, 0.15) is 44.1 Å². The van der Waals surface area contributed by atoms with Gasteiger partial charge < -0.3 is 5.32 Å². The summed E-state index contributed by atoms with van der Waals surface area (Å²) in [5.74, 6) is -1.06. The van der Waals surface area contributed by atoms with E-state index in [1.807, 2.05) is 6.92 Å². The molecule has 3 rings (SSSR count). The summed E-state index contributed by atoms with van der Waals surface area (Å²) in [5, 5.41) is 2.71. The Bertz CT molecular complexity index is 866. The lowest BCUT2D eigenvalue weighted by Crippen LogP contribution is -2.46. The summed E-state index contributed by atoms with van der Waals surface area (Å²) in [5.41, 5.74) is 0.997. The van der Waals surface area contributed by atoms with Gasteiger partial charge in [-0.3, -0.25) is 19.3 Å². The van der Waals surface area contributed by atoms with Gasteiger partial charge in [0.15, 0.2) is 0 Å². The van der Waals surface area contributed by atoms with E-state index in [1.54, 1.807) is 28.6 Å². The number of rotatable bonds is 7. The number of amides is 3. The second-order valence-electron chi connectivity index (χ2n) is 7.59. The van der Waals surface area contributed by atoms with E-state index < -0.39 is 15.9 Å². The van der Waals surface area contributed by atoms with Crippen LogP contribution in [0, 0.1) is 6.92 Å². The fourth-order valence-corrected chi connectivity index (χ4v) is 5.53. The van der Waals surface area contributed by atoms with Crippen molar-refractivity contribution in [2.75, 3.05) is 19.6 Å². The molecule has 1 atom stereocenters. The van der Waals surface area contributed by atoms with Crippen molar-refractivity contribution in [2.24, 2.45) is 0 Å². The average Bonchev–Trinajstić information content (AvgIpc) is 3.00. The maximum absolute atomic E-state index is 13.1. The van der Waals surface area contributed by atoms with E-state index in [4.69, 9.17) is 0 Å². The summed E-state index contributed by atoms with van der Waals surface area (Å²) in [6, 6.07) is 6.63. The third-order valence-electron chi connectivity index (χ3n) is 5.46. The molecule has 8 nitrogen and oxygen atoms in total. The Balaban J connectivity index is 1.57. The highest BCUT2D eigenvalue weighted by Crippen LogP contribution is 2.27. The van der Waals surface area contributed by atoms with Crippen molar-refractivity contribution in [1.29, 1.82) is 0 Å². The maximum Gasteiger partial charge on any atom is 0.243 e. The zero-order valence-corrected chi connectivity index (χ0v) is 17.4. The van der Waals surface area contributed by atoms with Gasteiger partial charge >= 0.3 is 0 Å². The SMILES string of the molecule is Cc1ccc(S(=O)(=O)N2CCCCC2CCNC(=O)CN2C(=O)CCC2=O)cc1. The Morgan fingerprint density at radius 1 is 1.10 bits per heavy atom. The molecule has 0 radical (unpaired) electrons. The van der Waals surface area contributed by atoms with Crippen LogP contribution in [0.15, 0.2) is 29.2 Å². The normalized spacial score (nSPS) is 20.9. The molecule has 0 bridgehead atoms. The first-order valence-electron chi connectivity index (χ1n) is 9.97.